The van der Waals surface area contributed by atoms with Crippen molar-refractivity contribution in [3.05, 3.63) is 35.3 Å². The summed E-state index contributed by atoms with van der Waals surface area (Å²) in [6, 6.07) is 3.97. The van der Waals surface area contributed by atoms with Gasteiger partial charge in [0.2, 0.25) is 0 Å². The maximum Gasteiger partial charge on any atom is 0.273 e. The quantitative estimate of drug-likeness (QED) is 0.910. The van der Waals surface area contributed by atoms with Gasteiger partial charge in [-0.2, -0.15) is 0 Å². The molecule has 0 saturated carbocycles. The van der Waals surface area contributed by atoms with E-state index in [1.54, 1.807) is 19.9 Å². The number of benzene rings is 1. The second-order valence-electron chi connectivity index (χ2n) is 4.05. The Hall–Kier alpha value is -1.67. The second kappa shape index (κ2) is 4.78. The highest BCUT2D eigenvalue weighted by Crippen LogP contribution is 2.27. The summed E-state index contributed by atoms with van der Waals surface area (Å²) in [5.41, 5.74) is 6.59. The molecule has 2 rings (SSSR count). The SMILES string of the molecule is Cc1cc(F)cc(NS(=O)(=O)c2sc(N)nc2C)c1. The molecule has 102 valence electrons. The molecule has 0 aliphatic heterocycles. The van der Waals surface area contributed by atoms with Crippen LogP contribution in [0.25, 0.3) is 0 Å². The van der Waals surface area contributed by atoms with E-state index in [1.807, 2.05) is 0 Å². The summed E-state index contributed by atoms with van der Waals surface area (Å²) in [5, 5.41) is 0.174. The van der Waals surface area contributed by atoms with Crippen molar-refractivity contribution in [2.75, 3.05) is 10.5 Å². The fraction of sp³-hybridized carbons (Fsp3) is 0.182. The number of rotatable bonds is 3. The summed E-state index contributed by atoms with van der Waals surface area (Å²) in [4.78, 5) is 3.86. The molecule has 0 amide bonds. The van der Waals surface area contributed by atoms with E-state index in [1.165, 1.54) is 6.07 Å². The highest BCUT2D eigenvalue weighted by atomic mass is 32.2. The Morgan fingerprint density at radius 1 is 1.32 bits per heavy atom. The minimum absolute atomic E-state index is 0.0342. The van der Waals surface area contributed by atoms with Crippen molar-refractivity contribution in [1.82, 2.24) is 4.98 Å². The third kappa shape index (κ3) is 3.02. The Bertz CT molecular complexity index is 705. The molecule has 19 heavy (non-hydrogen) atoms. The minimum atomic E-state index is -3.80. The number of nitrogen functional groups attached to an aromatic ring is 1. The predicted molar refractivity (Wildman–Crippen MR) is 73.2 cm³/mol. The molecule has 0 saturated heterocycles. The van der Waals surface area contributed by atoms with Crippen molar-refractivity contribution >= 4 is 32.2 Å². The molecule has 5 nitrogen and oxygen atoms in total. The average Bonchev–Trinajstić information content (AvgIpc) is 2.56. The smallest absolute Gasteiger partial charge is 0.273 e. The molecule has 0 aliphatic carbocycles. The Balaban J connectivity index is 2.39. The maximum absolute atomic E-state index is 13.2. The number of aryl methyl sites for hydroxylation is 2. The lowest BCUT2D eigenvalue weighted by Crippen LogP contribution is -2.13. The first kappa shape index (κ1) is 13.8. The summed E-state index contributed by atoms with van der Waals surface area (Å²) in [5.74, 6) is -0.502. The van der Waals surface area contributed by atoms with Gasteiger partial charge in [-0.1, -0.05) is 11.3 Å². The van der Waals surface area contributed by atoms with E-state index in [0.717, 1.165) is 17.4 Å². The Labute approximate surface area is 114 Å². The van der Waals surface area contributed by atoms with Crippen molar-refractivity contribution < 1.29 is 12.8 Å². The maximum atomic E-state index is 13.2. The third-order valence-corrected chi connectivity index (χ3v) is 5.29. The highest BCUT2D eigenvalue weighted by molar-refractivity contribution is 7.94. The fourth-order valence-electron chi connectivity index (χ4n) is 1.65. The molecule has 1 heterocycles. The lowest BCUT2D eigenvalue weighted by molar-refractivity contribution is 0.602. The van der Waals surface area contributed by atoms with Crippen LogP contribution in [0, 0.1) is 19.7 Å². The van der Waals surface area contributed by atoms with Gasteiger partial charge in [0.25, 0.3) is 10.0 Å². The highest BCUT2D eigenvalue weighted by Gasteiger charge is 2.21. The van der Waals surface area contributed by atoms with Crippen LogP contribution in [0.1, 0.15) is 11.3 Å². The van der Waals surface area contributed by atoms with Crippen LogP contribution in [0.5, 0.6) is 0 Å². The normalized spacial score (nSPS) is 11.5. The Kier molecular flexibility index (Phi) is 3.46. The van der Waals surface area contributed by atoms with E-state index in [4.69, 9.17) is 5.73 Å². The van der Waals surface area contributed by atoms with E-state index in [0.29, 0.717) is 11.3 Å². The van der Waals surface area contributed by atoms with E-state index in [-0.39, 0.29) is 15.0 Å². The topological polar surface area (TPSA) is 85.1 Å². The number of nitrogens with zero attached hydrogens (tertiary/aromatic N) is 1. The summed E-state index contributed by atoms with van der Waals surface area (Å²) in [6.07, 6.45) is 0. The summed E-state index contributed by atoms with van der Waals surface area (Å²) in [7, 11) is -3.80. The molecule has 0 spiro atoms. The molecule has 2 aromatic rings. The van der Waals surface area contributed by atoms with Crippen LogP contribution in [0.3, 0.4) is 0 Å². The number of nitrogens with two attached hydrogens (primary N) is 1. The van der Waals surface area contributed by atoms with Gasteiger partial charge in [0.15, 0.2) is 9.34 Å². The van der Waals surface area contributed by atoms with Gasteiger partial charge in [0, 0.05) is 0 Å². The zero-order valence-electron chi connectivity index (χ0n) is 10.3. The van der Waals surface area contributed by atoms with Crippen LogP contribution in [0.15, 0.2) is 22.4 Å². The van der Waals surface area contributed by atoms with Gasteiger partial charge < -0.3 is 5.73 Å². The molecule has 0 atom stereocenters. The summed E-state index contributed by atoms with van der Waals surface area (Å²) in [6.45, 7) is 3.23. The second-order valence-corrected chi connectivity index (χ2v) is 6.96. The molecule has 0 unspecified atom stereocenters. The molecule has 0 aliphatic rings. The van der Waals surface area contributed by atoms with E-state index in [9.17, 15) is 12.8 Å². The number of sulfonamides is 1. The lowest BCUT2D eigenvalue weighted by atomic mass is 10.2. The van der Waals surface area contributed by atoms with E-state index < -0.39 is 15.8 Å². The van der Waals surface area contributed by atoms with E-state index in [2.05, 4.69) is 9.71 Å². The zero-order chi connectivity index (χ0) is 14.2. The van der Waals surface area contributed by atoms with Crippen LogP contribution in [0.2, 0.25) is 0 Å². The Morgan fingerprint density at radius 3 is 2.53 bits per heavy atom. The number of hydrogen-bond acceptors (Lipinski definition) is 5. The van der Waals surface area contributed by atoms with Crippen molar-refractivity contribution in [3.8, 4) is 0 Å². The largest absolute Gasteiger partial charge is 0.375 e. The van der Waals surface area contributed by atoms with Crippen LogP contribution in [-0.4, -0.2) is 13.4 Å². The molecule has 8 heteroatoms. The number of nitrogens with one attached hydrogen (secondary N) is 1. The van der Waals surface area contributed by atoms with Crippen LogP contribution < -0.4 is 10.5 Å². The van der Waals surface area contributed by atoms with Crippen LogP contribution in [-0.2, 0) is 10.0 Å². The number of anilines is 2. The average molecular weight is 301 g/mol. The number of aromatic nitrogens is 1. The van der Waals surface area contributed by atoms with Gasteiger partial charge in [-0.15, -0.1) is 0 Å². The van der Waals surface area contributed by atoms with Gasteiger partial charge in [-0.05, 0) is 37.6 Å². The molecule has 0 radical (unpaired) electrons. The summed E-state index contributed by atoms with van der Waals surface area (Å²) < 4.78 is 39.9. The number of halogens is 1. The first-order valence-corrected chi connectivity index (χ1v) is 7.61. The Morgan fingerprint density at radius 2 is 2.00 bits per heavy atom. The van der Waals surface area contributed by atoms with E-state index >= 15 is 0 Å². The lowest BCUT2D eigenvalue weighted by Gasteiger charge is -2.07. The van der Waals surface area contributed by atoms with Gasteiger partial charge in [0.05, 0.1) is 11.4 Å². The summed E-state index contributed by atoms with van der Waals surface area (Å²) >= 11 is 0.871. The molecular weight excluding hydrogens is 289 g/mol. The molecule has 0 bridgehead atoms. The predicted octanol–water partition coefficient (Wildman–Crippen LogP) is 2.28. The van der Waals surface area contributed by atoms with Crippen molar-refractivity contribution in [1.29, 1.82) is 0 Å². The molecule has 3 N–H and O–H groups in total. The monoisotopic (exact) mass is 301 g/mol. The van der Waals surface area contributed by atoms with Gasteiger partial charge in [-0.3, -0.25) is 4.72 Å². The van der Waals surface area contributed by atoms with Crippen molar-refractivity contribution in [3.63, 3.8) is 0 Å². The fourth-order valence-corrected chi connectivity index (χ4v) is 3.99. The standard InChI is InChI=1S/C11H12FN3O2S2/c1-6-3-8(12)5-9(4-6)15-19(16,17)10-7(2)14-11(13)18-10/h3-5,15H,1-2H3,(H2,13,14). The first-order chi connectivity index (χ1) is 8.78. The molecular formula is C11H12FN3O2S2. The first-order valence-electron chi connectivity index (χ1n) is 5.31. The van der Waals surface area contributed by atoms with Crippen molar-refractivity contribution in [2.45, 2.75) is 18.1 Å². The molecule has 1 aromatic heterocycles. The van der Waals surface area contributed by atoms with Gasteiger partial charge >= 0.3 is 0 Å². The number of thiazole rings is 1. The van der Waals surface area contributed by atoms with Crippen LogP contribution >= 0.6 is 11.3 Å². The minimum Gasteiger partial charge on any atom is -0.375 e. The van der Waals surface area contributed by atoms with Crippen molar-refractivity contribution in [2.24, 2.45) is 0 Å². The molecule has 0 fully saturated rings. The van der Waals surface area contributed by atoms with Gasteiger partial charge in [-0.25, -0.2) is 17.8 Å². The van der Waals surface area contributed by atoms with Gasteiger partial charge in [0.1, 0.15) is 5.82 Å². The zero-order valence-corrected chi connectivity index (χ0v) is 11.9. The third-order valence-electron chi connectivity index (χ3n) is 2.31. The molecule has 1 aromatic carbocycles. The number of hydrogen-bond donors (Lipinski definition) is 2. The van der Waals surface area contributed by atoms with Crippen LogP contribution in [0.4, 0.5) is 15.2 Å².